The molecule has 3 atom stereocenters. The molecule has 0 aliphatic carbocycles. The van der Waals surface area contributed by atoms with E-state index in [9.17, 15) is 0 Å². The molecule has 112 valence electrons. The quantitative estimate of drug-likeness (QED) is 0.692. The van der Waals surface area contributed by atoms with Crippen molar-refractivity contribution in [2.24, 2.45) is 0 Å². The Morgan fingerprint density at radius 3 is 2.16 bits per heavy atom. The Labute approximate surface area is 123 Å². The second-order valence-electron chi connectivity index (χ2n) is 7.66. The molecule has 0 aromatic rings. The van der Waals surface area contributed by atoms with Gasteiger partial charge >= 0.3 is 8.56 Å². The standard InChI is InChI=1S/C14H28O3SSi/c1-13(2,3)19(14(4,5)6)16-8-11-12(17-19)10(15-7)9-18-11/h10-12H,8-9H2,1-7H3/t10-,11+,12-/m0/s1. The second kappa shape index (κ2) is 5.02. The lowest BCUT2D eigenvalue weighted by molar-refractivity contribution is -0.0411. The SMILES string of the molecule is CO[C@H]1CS[C@@H]2CO[Si](C(C)(C)C)(C(C)(C)C)O[C@@H]12. The van der Waals surface area contributed by atoms with E-state index in [1.807, 2.05) is 11.8 Å². The van der Waals surface area contributed by atoms with Crippen molar-refractivity contribution in [1.29, 1.82) is 0 Å². The number of ether oxygens (including phenoxy) is 1. The first-order chi connectivity index (χ1) is 8.62. The van der Waals surface area contributed by atoms with E-state index in [2.05, 4.69) is 41.5 Å². The van der Waals surface area contributed by atoms with Crippen molar-refractivity contribution in [3.8, 4) is 0 Å². The van der Waals surface area contributed by atoms with E-state index in [1.165, 1.54) is 0 Å². The van der Waals surface area contributed by atoms with Gasteiger partial charge in [-0.25, -0.2) is 0 Å². The highest BCUT2D eigenvalue weighted by Gasteiger charge is 2.63. The first-order valence-electron chi connectivity index (χ1n) is 7.08. The van der Waals surface area contributed by atoms with Gasteiger partial charge in [-0.15, -0.1) is 0 Å². The van der Waals surface area contributed by atoms with Gasteiger partial charge in [0.15, 0.2) is 0 Å². The van der Waals surface area contributed by atoms with E-state index in [1.54, 1.807) is 7.11 Å². The Bertz CT molecular complexity index is 315. The largest absolute Gasteiger partial charge is 0.392 e. The predicted molar refractivity (Wildman–Crippen MR) is 83.1 cm³/mol. The van der Waals surface area contributed by atoms with Crippen LogP contribution in [-0.2, 0) is 13.6 Å². The average molecular weight is 305 g/mol. The van der Waals surface area contributed by atoms with Crippen LogP contribution in [0.15, 0.2) is 0 Å². The van der Waals surface area contributed by atoms with Gasteiger partial charge in [0, 0.05) is 22.9 Å². The van der Waals surface area contributed by atoms with Crippen LogP contribution in [0.1, 0.15) is 41.5 Å². The van der Waals surface area contributed by atoms with Crippen LogP contribution in [0.4, 0.5) is 0 Å². The fraction of sp³-hybridized carbons (Fsp3) is 1.00. The molecule has 0 unspecified atom stereocenters. The molecule has 0 aromatic carbocycles. The molecule has 19 heavy (non-hydrogen) atoms. The number of methoxy groups -OCH3 is 1. The second-order valence-corrected chi connectivity index (χ2v) is 13.7. The van der Waals surface area contributed by atoms with Gasteiger partial charge in [0.2, 0.25) is 0 Å². The molecule has 2 heterocycles. The minimum Gasteiger partial charge on any atom is -0.392 e. The molecule has 2 aliphatic heterocycles. The lowest BCUT2D eigenvalue weighted by Gasteiger charge is -2.54. The molecular weight excluding hydrogens is 276 g/mol. The monoisotopic (exact) mass is 304 g/mol. The molecule has 2 aliphatic rings. The Morgan fingerprint density at radius 2 is 1.68 bits per heavy atom. The number of hydrogen-bond acceptors (Lipinski definition) is 4. The maximum absolute atomic E-state index is 6.70. The fourth-order valence-corrected chi connectivity index (χ4v) is 10.1. The van der Waals surface area contributed by atoms with Gasteiger partial charge < -0.3 is 13.6 Å². The number of rotatable bonds is 1. The molecule has 0 N–H and O–H groups in total. The summed E-state index contributed by atoms with van der Waals surface area (Å²) in [5, 5.41) is 0.555. The highest BCUT2D eigenvalue weighted by molar-refractivity contribution is 8.00. The summed E-state index contributed by atoms with van der Waals surface area (Å²) in [5.74, 6) is 1.02. The van der Waals surface area contributed by atoms with E-state index in [0.717, 1.165) is 12.4 Å². The zero-order chi connectivity index (χ0) is 14.5. The topological polar surface area (TPSA) is 27.7 Å². The zero-order valence-electron chi connectivity index (χ0n) is 13.3. The summed E-state index contributed by atoms with van der Waals surface area (Å²) >= 11 is 1.93. The van der Waals surface area contributed by atoms with E-state index >= 15 is 0 Å². The molecule has 0 radical (unpaired) electrons. The molecular formula is C14H28O3SSi. The van der Waals surface area contributed by atoms with Crippen LogP contribution in [0.5, 0.6) is 0 Å². The average Bonchev–Trinajstić information content (AvgIpc) is 2.67. The van der Waals surface area contributed by atoms with Gasteiger partial charge in [0.05, 0.1) is 24.1 Å². The van der Waals surface area contributed by atoms with Crippen LogP contribution in [-0.4, -0.2) is 45.5 Å². The van der Waals surface area contributed by atoms with Gasteiger partial charge in [-0.2, -0.15) is 11.8 Å². The van der Waals surface area contributed by atoms with Crippen molar-refractivity contribution in [3.05, 3.63) is 0 Å². The Hall–Kier alpha value is 0.447. The van der Waals surface area contributed by atoms with Crippen LogP contribution in [0.3, 0.4) is 0 Å². The fourth-order valence-electron chi connectivity index (χ4n) is 3.48. The van der Waals surface area contributed by atoms with Crippen molar-refractivity contribution in [3.63, 3.8) is 0 Å². The van der Waals surface area contributed by atoms with Crippen LogP contribution in [0.25, 0.3) is 0 Å². The summed E-state index contributed by atoms with van der Waals surface area (Å²) < 4.78 is 18.8. The van der Waals surface area contributed by atoms with E-state index in [4.69, 9.17) is 13.6 Å². The van der Waals surface area contributed by atoms with Crippen LogP contribution in [0, 0.1) is 0 Å². The Balaban J connectivity index is 2.32. The first-order valence-corrected chi connectivity index (χ1v) is 9.95. The summed E-state index contributed by atoms with van der Waals surface area (Å²) in [6.07, 6.45) is 0.421. The third-order valence-electron chi connectivity index (χ3n) is 4.24. The van der Waals surface area contributed by atoms with Crippen molar-refractivity contribution >= 4 is 20.3 Å². The normalized spacial score (nSPS) is 35.2. The van der Waals surface area contributed by atoms with Crippen LogP contribution in [0.2, 0.25) is 10.1 Å². The van der Waals surface area contributed by atoms with Crippen LogP contribution < -0.4 is 0 Å². The first kappa shape index (κ1) is 15.8. The molecule has 0 spiro atoms. The molecule has 0 aromatic heterocycles. The number of hydrogen-bond donors (Lipinski definition) is 0. The summed E-state index contributed by atoms with van der Waals surface area (Å²) in [4.78, 5) is 0. The molecule has 2 rings (SSSR count). The minimum absolute atomic E-state index is 0.0573. The summed E-state index contributed by atoms with van der Waals surface area (Å²) in [6, 6.07) is 0. The van der Waals surface area contributed by atoms with Crippen molar-refractivity contribution < 1.29 is 13.6 Å². The summed E-state index contributed by atoms with van der Waals surface area (Å²) in [5.41, 5.74) is 0. The van der Waals surface area contributed by atoms with Crippen molar-refractivity contribution in [2.75, 3.05) is 19.5 Å². The van der Waals surface area contributed by atoms with E-state index < -0.39 is 8.56 Å². The van der Waals surface area contributed by atoms with Gasteiger partial charge in [0.25, 0.3) is 0 Å². The van der Waals surface area contributed by atoms with Gasteiger partial charge in [0.1, 0.15) is 0 Å². The lowest BCUT2D eigenvalue weighted by atomic mass is 10.2. The third-order valence-corrected chi connectivity index (χ3v) is 10.7. The van der Waals surface area contributed by atoms with Crippen molar-refractivity contribution in [2.45, 2.75) is 69.1 Å². The molecule has 3 nitrogen and oxygen atoms in total. The Kier molecular flexibility index (Phi) is 4.18. The van der Waals surface area contributed by atoms with Gasteiger partial charge in [-0.1, -0.05) is 41.5 Å². The van der Waals surface area contributed by atoms with E-state index in [-0.39, 0.29) is 22.3 Å². The highest BCUT2D eigenvalue weighted by atomic mass is 32.2. The summed E-state index contributed by atoms with van der Waals surface area (Å²) in [6.45, 7) is 14.4. The smallest absolute Gasteiger partial charge is 0.349 e. The van der Waals surface area contributed by atoms with E-state index in [0.29, 0.717) is 5.25 Å². The molecule has 0 amide bonds. The minimum atomic E-state index is -2.32. The molecule has 2 fully saturated rings. The zero-order valence-corrected chi connectivity index (χ0v) is 15.1. The highest BCUT2D eigenvalue weighted by Crippen LogP contribution is 2.56. The Morgan fingerprint density at radius 1 is 1.11 bits per heavy atom. The van der Waals surface area contributed by atoms with Gasteiger partial charge in [-0.3, -0.25) is 0 Å². The number of thioether (sulfide) groups is 1. The molecule has 5 heteroatoms. The van der Waals surface area contributed by atoms with Crippen LogP contribution >= 0.6 is 11.8 Å². The molecule has 0 bridgehead atoms. The number of fused-ring (bicyclic) bond motifs is 1. The maximum atomic E-state index is 6.70. The van der Waals surface area contributed by atoms with Crippen molar-refractivity contribution in [1.82, 2.24) is 0 Å². The lowest BCUT2D eigenvalue weighted by Crippen LogP contribution is -2.65. The summed E-state index contributed by atoms with van der Waals surface area (Å²) in [7, 11) is -0.528. The molecule has 2 saturated heterocycles. The predicted octanol–water partition coefficient (Wildman–Crippen LogP) is 3.57. The van der Waals surface area contributed by atoms with Gasteiger partial charge in [-0.05, 0) is 0 Å². The maximum Gasteiger partial charge on any atom is 0.349 e. The third kappa shape index (κ3) is 2.53. The molecule has 0 saturated carbocycles.